The number of halogens is 2. The van der Waals surface area contributed by atoms with E-state index in [9.17, 15) is 13.6 Å². The lowest BCUT2D eigenvalue weighted by atomic mass is 10.2. The minimum absolute atomic E-state index is 0.0399. The zero-order valence-corrected chi connectivity index (χ0v) is 9.15. The van der Waals surface area contributed by atoms with Gasteiger partial charge in [0.25, 0.3) is 0 Å². The summed E-state index contributed by atoms with van der Waals surface area (Å²) in [5.74, 6) is -1.31. The van der Waals surface area contributed by atoms with E-state index in [4.69, 9.17) is 0 Å². The van der Waals surface area contributed by atoms with Crippen molar-refractivity contribution in [3.05, 3.63) is 63.8 Å². The summed E-state index contributed by atoms with van der Waals surface area (Å²) < 4.78 is 27.3. The Morgan fingerprint density at radius 2 is 2.06 bits per heavy atom. The third-order valence-electron chi connectivity index (χ3n) is 2.37. The Balaban J connectivity index is 2.35. The van der Waals surface area contributed by atoms with Crippen LogP contribution in [0, 0.1) is 18.6 Å². The summed E-state index contributed by atoms with van der Waals surface area (Å²) in [6, 6.07) is 4.92. The van der Waals surface area contributed by atoms with Gasteiger partial charge in [-0.05, 0) is 19.1 Å². The molecule has 0 fully saturated rings. The molecular weight excluding hydrogens is 226 g/mol. The summed E-state index contributed by atoms with van der Waals surface area (Å²) in [7, 11) is 0. The molecule has 0 unspecified atom stereocenters. The maximum absolute atomic E-state index is 13.4. The Kier molecular flexibility index (Phi) is 2.99. The Morgan fingerprint density at radius 3 is 2.71 bits per heavy atom. The van der Waals surface area contributed by atoms with Crippen molar-refractivity contribution in [3.63, 3.8) is 0 Å². The van der Waals surface area contributed by atoms with Gasteiger partial charge in [-0.3, -0.25) is 4.57 Å². The van der Waals surface area contributed by atoms with Crippen molar-refractivity contribution in [3.8, 4) is 0 Å². The number of benzene rings is 1. The largest absolute Gasteiger partial charge is 0.348 e. The summed E-state index contributed by atoms with van der Waals surface area (Å²) in [5, 5.41) is 0. The van der Waals surface area contributed by atoms with Crippen LogP contribution in [0.1, 0.15) is 11.3 Å². The van der Waals surface area contributed by atoms with E-state index >= 15 is 0 Å². The minimum atomic E-state index is -0.669. The summed E-state index contributed by atoms with van der Waals surface area (Å²) in [5.41, 5.74) is 0.402. The molecule has 0 saturated heterocycles. The molecule has 0 atom stereocenters. The molecule has 0 bridgehead atoms. The molecule has 0 aliphatic carbocycles. The molecule has 5 heteroatoms. The van der Waals surface area contributed by atoms with Crippen molar-refractivity contribution in [2.45, 2.75) is 13.5 Å². The maximum Gasteiger partial charge on any atom is 0.348 e. The fourth-order valence-electron chi connectivity index (χ4n) is 1.47. The zero-order valence-electron chi connectivity index (χ0n) is 9.15. The van der Waals surface area contributed by atoms with Crippen LogP contribution >= 0.6 is 0 Å². The standard InChI is InChI=1S/C12H10F2N2O/c1-8-4-5-16(12(17)15-8)7-9-2-3-10(13)6-11(9)14/h2-6H,7H2,1H3. The van der Waals surface area contributed by atoms with Gasteiger partial charge in [-0.15, -0.1) is 0 Å². The summed E-state index contributed by atoms with van der Waals surface area (Å²) >= 11 is 0. The van der Waals surface area contributed by atoms with E-state index in [2.05, 4.69) is 4.98 Å². The lowest BCUT2D eigenvalue weighted by Gasteiger charge is -2.06. The van der Waals surface area contributed by atoms with E-state index in [0.717, 1.165) is 12.1 Å². The van der Waals surface area contributed by atoms with E-state index in [0.29, 0.717) is 5.69 Å². The molecular formula is C12H10F2N2O. The van der Waals surface area contributed by atoms with E-state index in [1.54, 1.807) is 13.0 Å². The van der Waals surface area contributed by atoms with Crippen molar-refractivity contribution >= 4 is 0 Å². The summed E-state index contributed by atoms with van der Waals surface area (Å²) in [6.07, 6.45) is 1.54. The van der Waals surface area contributed by atoms with Crippen LogP contribution in [0.5, 0.6) is 0 Å². The molecule has 1 aromatic heterocycles. The van der Waals surface area contributed by atoms with Crippen LogP contribution in [0.4, 0.5) is 8.78 Å². The van der Waals surface area contributed by atoms with Crippen molar-refractivity contribution in [2.24, 2.45) is 0 Å². The molecule has 0 radical (unpaired) electrons. The van der Waals surface area contributed by atoms with Gasteiger partial charge in [-0.2, -0.15) is 4.98 Å². The first-order valence-corrected chi connectivity index (χ1v) is 5.04. The molecule has 0 aliphatic rings. The van der Waals surface area contributed by atoms with Crippen LogP contribution in [0.25, 0.3) is 0 Å². The maximum atomic E-state index is 13.4. The number of aromatic nitrogens is 2. The molecule has 0 spiro atoms. The first kappa shape index (κ1) is 11.4. The first-order chi connectivity index (χ1) is 8.06. The lowest BCUT2D eigenvalue weighted by Crippen LogP contribution is -2.23. The van der Waals surface area contributed by atoms with Gasteiger partial charge in [0, 0.05) is 23.5 Å². The summed E-state index contributed by atoms with van der Waals surface area (Å²) in [6.45, 7) is 1.74. The Bertz CT molecular complexity index is 608. The highest BCUT2D eigenvalue weighted by molar-refractivity contribution is 5.19. The highest BCUT2D eigenvalue weighted by atomic mass is 19.1. The average Bonchev–Trinajstić information content (AvgIpc) is 2.25. The number of aryl methyl sites for hydroxylation is 1. The predicted octanol–water partition coefficient (Wildman–Crippen LogP) is 1.88. The number of hydrogen-bond acceptors (Lipinski definition) is 2. The number of hydrogen-bond donors (Lipinski definition) is 0. The van der Waals surface area contributed by atoms with Crippen LogP contribution in [0.15, 0.2) is 35.3 Å². The van der Waals surface area contributed by atoms with Gasteiger partial charge in [-0.25, -0.2) is 13.6 Å². The van der Waals surface area contributed by atoms with E-state index in [-0.39, 0.29) is 12.1 Å². The van der Waals surface area contributed by atoms with E-state index in [1.807, 2.05) is 0 Å². The fraction of sp³-hybridized carbons (Fsp3) is 0.167. The molecule has 1 aromatic carbocycles. The number of rotatable bonds is 2. The Labute approximate surface area is 96.4 Å². The second-order valence-corrected chi connectivity index (χ2v) is 3.72. The smallest absolute Gasteiger partial charge is 0.295 e. The fourth-order valence-corrected chi connectivity index (χ4v) is 1.47. The van der Waals surface area contributed by atoms with Crippen molar-refractivity contribution < 1.29 is 8.78 Å². The van der Waals surface area contributed by atoms with Gasteiger partial charge in [0.15, 0.2) is 0 Å². The second kappa shape index (κ2) is 4.45. The molecule has 2 aromatic rings. The van der Waals surface area contributed by atoms with Crippen LogP contribution in [0.2, 0.25) is 0 Å². The minimum Gasteiger partial charge on any atom is -0.295 e. The molecule has 17 heavy (non-hydrogen) atoms. The van der Waals surface area contributed by atoms with E-state index in [1.165, 1.54) is 16.8 Å². The van der Waals surface area contributed by atoms with Crippen molar-refractivity contribution in [2.75, 3.05) is 0 Å². The van der Waals surface area contributed by atoms with Gasteiger partial charge in [0.1, 0.15) is 11.6 Å². The third-order valence-corrected chi connectivity index (χ3v) is 2.37. The van der Waals surface area contributed by atoms with Crippen molar-refractivity contribution in [1.29, 1.82) is 0 Å². The summed E-state index contributed by atoms with van der Waals surface area (Å²) in [4.78, 5) is 15.2. The normalized spacial score (nSPS) is 10.5. The van der Waals surface area contributed by atoms with Gasteiger partial charge < -0.3 is 0 Å². The van der Waals surface area contributed by atoms with Gasteiger partial charge in [-0.1, -0.05) is 6.07 Å². The molecule has 0 amide bonds. The quantitative estimate of drug-likeness (QED) is 0.798. The van der Waals surface area contributed by atoms with Crippen molar-refractivity contribution in [1.82, 2.24) is 9.55 Å². The highest BCUT2D eigenvalue weighted by Gasteiger charge is 2.05. The number of nitrogens with zero attached hydrogens (tertiary/aromatic N) is 2. The topological polar surface area (TPSA) is 34.9 Å². The molecule has 0 aliphatic heterocycles. The predicted molar refractivity (Wildman–Crippen MR) is 58.7 cm³/mol. The SMILES string of the molecule is Cc1ccn(Cc2ccc(F)cc2F)c(=O)n1. The average molecular weight is 236 g/mol. The monoisotopic (exact) mass is 236 g/mol. The van der Waals surface area contributed by atoms with Gasteiger partial charge in [0.2, 0.25) is 0 Å². The molecule has 3 nitrogen and oxygen atoms in total. The zero-order chi connectivity index (χ0) is 12.4. The lowest BCUT2D eigenvalue weighted by molar-refractivity contribution is 0.563. The molecule has 2 rings (SSSR count). The van der Waals surface area contributed by atoms with E-state index < -0.39 is 17.3 Å². The van der Waals surface area contributed by atoms with Crippen LogP contribution in [-0.4, -0.2) is 9.55 Å². The first-order valence-electron chi connectivity index (χ1n) is 5.04. The second-order valence-electron chi connectivity index (χ2n) is 3.72. The Hall–Kier alpha value is -2.04. The molecule has 0 N–H and O–H groups in total. The molecule has 88 valence electrons. The van der Waals surface area contributed by atoms with Crippen LogP contribution in [0.3, 0.4) is 0 Å². The van der Waals surface area contributed by atoms with Gasteiger partial charge >= 0.3 is 5.69 Å². The third kappa shape index (κ3) is 2.55. The Morgan fingerprint density at radius 1 is 1.29 bits per heavy atom. The van der Waals surface area contributed by atoms with Gasteiger partial charge in [0.05, 0.1) is 6.54 Å². The molecule has 1 heterocycles. The highest BCUT2D eigenvalue weighted by Crippen LogP contribution is 2.10. The molecule has 0 saturated carbocycles. The van der Waals surface area contributed by atoms with Crippen LogP contribution < -0.4 is 5.69 Å². The van der Waals surface area contributed by atoms with Crippen LogP contribution in [-0.2, 0) is 6.54 Å².